The van der Waals surface area contributed by atoms with E-state index in [9.17, 15) is 9.59 Å². The van der Waals surface area contributed by atoms with Gasteiger partial charge in [0.1, 0.15) is 28.6 Å². The number of nitrogens with zero attached hydrogens (tertiary/aromatic N) is 4. The largest absolute Gasteiger partial charge is 0.489 e. The van der Waals surface area contributed by atoms with Gasteiger partial charge in [0.25, 0.3) is 5.91 Å². The minimum absolute atomic E-state index is 0.0115. The SMILES string of the molecule is C[C@H]1CN(c2nc(Cl)c(Cl)c3c2C(=O)N2CCN(C(=O)OC(C)(C)C)C[C@@H]2CO3)CCO1. The lowest BCUT2D eigenvalue weighted by atomic mass is 10.1. The Balaban J connectivity index is 1.63. The highest BCUT2D eigenvalue weighted by Crippen LogP contribution is 2.42. The maximum atomic E-state index is 13.7. The number of aromatic nitrogens is 1. The van der Waals surface area contributed by atoms with Crippen LogP contribution in [0.3, 0.4) is 0 Å². The number of ether oxygens (including phenoxy) is 3. The number of carbonyl (C=O) groups is 2. The fourth-order valence-electron chi connectivity index (χ4n) is 4.15. The number of hydrogen-bond donors (Lipinski definition) is 0. The van der Waals surface area contributed by atoms with Crippen LogP contribution in [0.4, 0.5) is 10.6 Å². The van der Waals surface area contributed by atoms with Crippen molar-refractivity contribution in [3.63, 3.8) is 0 Å². The fourth-order valence-corrected chi connectivity index (χ4v) is 4.51. The first-order valence-corrected chi connectivity index (χ1v) is 11.5. The molecule has 2 saturated heterocycles. The number of carbonyl (C=O) groups excluding carboxylic acids is 2. The van der Waals surface area contributed by atoms with Crippen molar-refractivity contribution in [2.45, 2.75) is 45.4 Å². The quantitative estimate of drug-likeness (QED) is 0.563. The summed E-state index contributed by atoms with van der Waals surface area (Å²) in [4.78, 5) is 36.0. The molecule has 0 aromatic carbocycles. The Morgan fingerprint density at radius 2 is 1.94 bits per heavy atom. The van der Waals surface area contributed by atoms with E-state index < -0.39 is 11.7 Å². The van der Waals surface area contributed by atoms with Crippen molar-refractivity contribution in [3.05, 3.63) is 15.7 Å². The van der Waals surface area contributed by atoms with Gasteiger partial charge in [0.2, 0.25) is 0 Å². The normalized spacial score (nSPS) is 23.8. The summed E-state index contributed by atoms with van der Waals surface area (Å²) in [6, 6.07) is -0.345. The van der Waals surface area contributed by atoms with Crippen molar-refractivity contribution < 1.29 is 23.8 Å². The molecular formula is C21H28Cl2N4O5. The number of piperazine rings is 1. The smallest absolute Gasteiger partial charge is 0.410 e. The topological polar surface area (TPSA) is 84.4 Å². The van der Waals surface area contributed by atoms with Crippen LogP contribution in [-0.4, -0.2) is 90.5 Å². The van der Waals surface area contributed by atoms with Crippen LogP contribution in [-0.2, 0) is 9.47 Å². The highest BCUT2D eigenvalue weighted by atomic mass is 35.5. The Labute approximate surface area is 197 Å². The Kier molecular flexibility index (Phi) is 6.35. The minimum atomic E-state index is -0.597. The van der Waals surface area contributed by atoms with E-state index in [1.54, 1.807) is 9.80 Å². The van der Waals surface area contributed by atoms with E-state index in [2.05, 4.69) is 4.98 Å². The molecule has 2 amide bonds. The lowest BCUT2D eigenvalue weighted by molar-refractivity contribution is 0.000951. The van der Waals surface area contributed by atoms with E-state index in [0.29, 0.717) is 50.7 Å². The molecule has 9 nitrogen and oxygen atoms in total. The Bertz CT molecular complexity index is 922. The summed E-state index contributed by atoms with van der Waals surface area (Å²) in [7, 11) is 0. The molecule has 2 fully saturated rings. The summed E-state index contributed by atoms with van der Waals surface area (Å²) in [5.74, 6) is 0.459. The Morgan fingerprint density at radius 1 is 1.19 bits per heavy atom. The van der Waals surface area contributed by atoms with Crippen LogP contribution in [0.1, 0.15) is 38.1 Å². The molecule has 176 valence electrons. The van der Waals surface area contributed by atoms with Crippen molar-refractivity contribution in [2.24, 2.45) is 0 Å². The molecule has 0 N–H and O–H groups in total. The van der Waals surface area contributed by atoms with Gasteiger partial charge < -0.3 is 28.9 Å². The van der Waals surface area contributed by atoms with Crippen LogP contribution in [0.15, 0.2) is 0 Å². The van der Waals surface area contributed by atoms with Crippen molar-refractivity contribution in [1.29, 1.82) is 0 Å². The average Bonchev–Trinajstić information content (AvgIpc) is 2.86. The van der Waals surface area contributed by atoms with Gasteiger partial charge in [-0.15, -0.1) is 0 Å². The van der Waals surface area contributed by atoms with E-state index in [1.807, 2.05) is 32.6 Å². The van der Waals surface area contributed by atoms with E-state index in [1.165, 1.54) is 0 Å². The van der Waals surface area contributed by atoms with Gasteiger partial charge in [-0.25, -0.2) is 9.78 Å². The van der Waals surface area contributed by atoms with Crippen molar-refractivity contribution in [2.75, 3.05) is 50.8 Å². The predicted octanol–water partition coefficient (Wildman–Crippen LogP) is 3.07. The number of pyridine rings is 1. The molecule has 0 radical (unpaired) electrons. The first-order chi connectivity index (χ1) is 15.0. The summed E-state index contributed by atoms with van der Waals surface area (Å²) in [6.07, 6.45) is -0.417. The molecule has 1 aromatic rings. The molecule has 0 unspecified atom stereocenters. The molecule has 1 aromatic heterocycles. The molecule has 11 heteroatoms. The number of rotatable bonds is 1. The molecule has 0 bridgehead atoms. The minimum Gasteiger partial charge on any atom is -0.489 e. The first-order valence-electron chi connectivity index (χ1n) is 10.7. The molecule has 2 atom stereocenters. The Morgan fingerprint density at radius 3 is 2.62 bits per heavy atom. The highest BCUT2D eigenvalue weighted by molar-refractivity contribution is 6.42. The monoisotopic (exact) mass is 486 g/mol. The van der Waals surface area contributed by atoms with Gasteiger partial charge in [0.15, 0.2) is 10.9 Å². The number of amides is 2. The van der Waals surface area contributed by atoms with E-state index in [-0.39, 0.29) is 40.6 Å². The molecule has 3 aliphatic rings. The molecular weight excluding hydrogens is 459 g/mol. The third-order valence-electron chi connectivity index (χ3n) is 5.61. The molecule has 4 heterocycles. The lowest BCUT2D eigenvalue weighted by Crippen LogP contribution is -2.58. The molecule has 0 spiro atoms. The van der Waals surface area contributed by atoms with Crippen molar-refractivity contribution in [1.82, 2.24) is 14.8 Å². The zero-order chi connectivity index (χ0) is 23.2. The van der Waals surface area contributed by atoms with Crippen LogP contribution < -0.4 is 9.64 Å². The fraction of sp³-hybridized carbons (Fsp3) is 0.667. The second kappa shape index (κ2) is 8.76. The second-order valence-electron chi connectivity index (χ2n) is 9.26. The summed E-state index contributed by atoms with van der Waals surface area (Å²) in [6.45, 7) is 10.3. The van der Waals surface area contributed by atoms with Crippen molar-refractivity contribution in [3.8, 4) is 5.75 Å². The summed E-state index contributed by atoms with van der Waals surface area (Å²) < 4.78 is 17.2. The summed E-state index contributed by atoms with van der Waals surface area (Å²) in [5.41, 5.74) is -0.290. The highest BCUT2D eigenvalue weighted by Gasteiger charge is 2.41. The van der Waals surface area contributed by atoms with Crippen LogP contribution in [0, 0.1) is 0 Å². The molecule has 4 rings (SSSR count). The number of fused-ring (bicyclic) bond motifs is 2. The molecule has 0 aliphatic carbocycles. The van der Waals surface area contributed by atoms with Gasteiger partial charge in [0, 0.05) is 32.7 Å². The first kappa shape index (κ1) is 23.2. The van der Waals surface area contributed by atoms with Gasteiger partial charge in [0.05, 0.1) is 18.8 Å². The molecule has 0 saturated carbocycles. The van der Waals surface area contributed by atoms with Gasteiger partial charge in [-0.2, -0.15) is 0 Å². The molecule has 32 heavy (non-hydrogen) atoms. The van der Waals surface area contributed by atoms with Gasteiger partial charge in [-0.3, -0.25) is 4.79 Å². The third-order valence-corrected chi connectivity index (χ3v) is 6.33. The third kappa shape index (κ3) is 4.56. The summed E-state index contributed by atoms with van der Waals surface area (Å²) >= 11 is 12.7. The Hall–Kier alpha value is -1.97. The maximum absolute atomic E-state index is 13.7. The number of halogens is 2. The lowest BCUT2D eigenvalue weighted by Gasteiger charge is -2.40. The van der Waals surface area contributed by atoms with Crippen LogP contribution >= 0.6 is 23.2 Å². The zero-order valence-electron chi connectivity index (χ0n) is 18.7. The van der Waals surface area contributed by atoms with Crippen LogP contribution in [0.5, 0.6) is 5.75 Å². The van der Waals surface area contributed by atoms with Gasteiger partial charge >= 0.3 is 6.09 Å². The number of anilines is 1. The van der Waals surface area contributed by atoms with E-state index in [0.717, 1.165) is 0 Å². The van der Waals surface area contributed by atoms with Gasteiger partial charge in [-0.05, 0) is 27.7 Å². The second-order valence-corrected chi connectivity index (χ2v) is 10.00. The standard InChI is InChI=1S/C21H28Cl2N4O5/c1-12-9-25(7-8-30-12)18-14-16(15(22)17(23)24-18)31-11-13-10-26(5-6-27(13)19(14)28)20(29)32-21(2,3)4/h12-13H,5-11H2,1-4H3/t12-,13+/m0/s1. The van der Waals surface area contributed by atoms with Crippen LogP contribution in [0.2, 0.25) is 10.2 Å². The number of hydrogen-bond acceptors (Lipinski definition) is 7. The predicted molar refractivity (Wildman–Crippen MR) is 120 cm³/mol. The summed E-state index contributed by atoms with van der Waals surface area (Å²) in [5, 5.41) is 0.200. The maximum Gasteiger partial charge on any atom is 0.410 e. The molecule has 3 aliphatic heterocycles. The van der Waals surface area contributed by atoms with E-state index in [4.69, 9.17) is 37.4 Å². The van der Waals surface area contributed by atoms with Crippen molar-refractivity contribution >= 4 is 41.0 Å². The average molecular weight is 487 g/mol. The van der Waals surface area contributed by atoms with Crippen LogP contribution in [0.25, 0.3) is 0 Å². The number of morpholine rings is 1. The van der Waals surface area contributed by atoms with Gasteiger partial charge in [-0.1, -0.05) is 23.2 Å². The zero-order valence-corrected chi connectivity index (χ0v) is 20.2. The van der Waals surface area contributed by atoms with E-state index >= 15 is 0 Å².